The Labute approximate surface area is 204 Å². The zero-order chi connectivity index (χ0) is 24.9. The Balaban J connectivity index is 1.81. The number of amides is 4. The van der Waals surface area contributed by atoms with Crippen LogP contribution in [0.25, 0.3) is 0 Å². The number of anilines is 2. The van der Waals surface area contributed by atoms with Gasteiger partial charge in [-0.05, 0) is 72.1 Å². The molecule has 3 rings (SSSR count). The summed E-state index contributed by atoms with van der Waals surface area (Å²) >= 11 is 0. The lowest BCUT2D eigenvalue weighted by Gasteiger charge is -2.29. The maximum absolute atomic E-state index is 13.4. The van der Waals surface area contributed by atoms with Crippen molar-refractivity contribution < 1.29 is 14.4 Å². The molecule has 1 saturated heterocycles. The molecule has 0 unspecified atom stereocenters. The van der Waals surface area contributed by atoms with Crippen molar-refractivity contribution in [2.75, 3.05) is 49.5 Å². The summed E-state index contributed by atoms with van der Waals surface area (Å²) < 4.78 is 0. The first-order chi connectivity index (χ1) is 16.1. The fraction of sp³-hybridized carbons (Fsp3) is 0.654. The largest absolute Gasteiger partial charge is 0.369 e. The Morgan fingerprint density at radius 1 is 1.00 bits per heavy atom. The Morgan fingerprint density at radius 3 is 2.29 bits per heavy atom. The van der Waals surface area contributed by atoms with Gasteiger partial charge in [-0.2, -0.15) is 0 Å². The average molecular weight is 472 g/mol. The Morgan fingerprint density at radius 2 is 1.71 bits per heavy atom. The Hall–Kier alpha value is -2.77. The molecule has 2 aliphatic rings. The first-order valence-corrected chi connectivity index (χ1v) is 12.7. The van der Waals surface area contributed by atoms with E-state index in [0.717, 1.165) is 37.9 Å². The van der Waals surface area contributed by atoms with Gasteiger partial charge in [0.1, 0.15) is 0 Å². The third-order valence-corrected chi connectivity index (χ3v) is 6.63. The summed E-state index contributed by atoms with van der Waals surface area (Å²) in [5.41, 5.74) is 1.84. The fourth-order valence-electron chi connectivity index (χ4n) is 4.42. The lowest BCUT2D eigenvalue weighted by atomic mass is 9.85. The summed E-state index contributed by atoms with van der Waals surface area (Å²) in [7, 11) is 0. The number of rotatable bonds is 6. The van der Waals surface area contributed by atoms with Crippen molar-refractivity contribution >= 4 is 29.2 Å². The van der Waals surface area contributed by atoms with Gasteiger partial charge >= 0.3 is 6.03 Å². The molecule has 0 bridgehead atoms. The minimum atomic E-state index is -0.286. The molecule has 34 heavy (non-hydrogen) atoms. The Kier molecular flexibility index (Phi) is 8.44. The number of carbonyl (C=O) groups is 3. The molecule has 0 aromatic heterocycles. The summed E-state index contributed by atoms with van der Waals surface area (Å²) in [6.45, 7) is 13.8. The summed E-state index contributed by atoms with van der Waals surface area (Å²) in [5.74, 6) is 0.0827. The first-order valence-electron chi connectivity index (χ1n) is 12.7. The Bertz CT molecular complexity index is 887. The fourth-order valence-corrected chi connectivity index (χ4v) is 4.42. The second-order valence-corrected chi connectivity index (χ2v) is 10.3. The molecule has 8 nitrogen and oxygen atoms in total. The molecule has 0 spiro atoms. The molecule has 4 amide bonds. The molecular formula is C26H41N5O3. The quantitative estimate of drug-likeness (QED) is 0.658. The van der Waals surface area contributed by atoms with Gasteiger partial charge in [-0.15, -0.1) is 0 Å². The highest BCUT2D eigenvalue weighted by atomic mass is 16.2. The summed E-state index contributed by atoms with van der Waals surface area (Å²) in [6, 6.07) is 5.60. The van der Waals surface area contributed by atoms with Crippen LogP contribution in [0.3, 0.4) is 0 Å². The van der Waals surface area contributed by atoms with Gasteiger partial charge in [0.2, 0.25) is 5.91 Å². The van der Waals surface area contributed by atoms with Crippen LogP contribution in [0.1, 0.15) is 70.7 Å². The molecule has 8 heteroatoms. The lowest BCUT2D eigenvalue weighted by Crippen LogP contribution is -2.49. The minimum absolute atomic E-state index is 0.0358. The van der Waals surface area contributed by atoms with Crippen LogP contribution in [0.4, 0.5) is 16.2 Å². The van der Waals surface area contributed by atoms with Crippen molar-refractivity contribution in [3.05, 3.63) is 23.8 Å². The number of carbonyl (C=O) groups excluding carboxylic acids is 3. The van der Waals surface area contributed by atoms with Crippen LogP contribution in [-0.4, -0.2) is 72.5 Å². The van der Waals surface area contributed by atoms with E-state index in [1.54, 1.807) is 4.90 Å². The molecule has 1 aliphatic carbocycles. The van der Waals surface area contributed by atoms with Gasteiger partial charge < -0.3 is 25.3 Å². The van der Waals surface area contributed by atoms with Gasteiger partial charge in [0.15, 0.2) is 0 Å². The molecule has 1 saturated carbocycles. The molecular weight excluding hydrogens is 430 g/mol. The maximum Gasteiger partial charge on any atom is 0.317 e. The van der Waals surface area contributed by atoms with Gasteiger partial charge in [-0.25, -0.2) is 4.79 Å². The van der Waals surface area contributed by atoms with Crippen LogP contribution in [0.5, 0.6) is 0 Å². The van der Waals surface area contributed by atoms with Crippen molar-refractivity contribution in [2.24, 2.45) is 5.92 Å². The number of hydrogen-bond acceptors (Lipinski definition) is 4. The number of nitrogens with one attached hydrogen (secondary N) is 2. The third-order valence-electron chi connectivity index (χ3n) is 6.63. The van der Waals surface area contributed by atoms with Crippen LogP contribution in [-0.2, 0) is 4.79 Å². The third kappa shape index (κ3) is 6.42. The van der Waals surface area contributed by atoms with Crippen molar-refractivity contribution in [1.29, 1.82) is 0 Å². The number of hydrogen-bond donors (Lipinski definition) is 2. The van der Waals surface area contributed by atoms with E-state index in [2.05, 4.69) is 15.5 Å². The summed E-state index contributed by atoms with van der Waals surface area (Å²) in [5, 5.41) is 6.05. The van der Waals surface area contributed by atoms with Gasteiger partial charge in [-0.3, -0.25) is 9.59 Å². The van der Waals surface area contributed by atoms with E-state index in [1.807, 2.05) is 57.7 Å². The summed E-state index contributed by atoms with van der Waals surface area (Å²) in [6.07, 6.45) is 3.78. The van der Waals surface area contributed by atoms with Gasteiger partial charge in [-0.1, -0.05) is 6.42 Å². The maximum atomic E-state index is 13.4. The molecule has 1 aromatic carbocycles. The van der Waals surface area contributed by atoms with Crippen molar-refractivity contribution in [3.63, 3.8) is 0 Å². The van der Waals surface area contributed by atoms with E-state index in [0.29, 0.717) is 44.0 Å². The highest BCUT2D eigenvalue weighted by molar-refractivity contribution is 6.02. The van der Waals surface area contributed by atoms with E-state index in [9.17, 15) is 14.4 Å². The zero-order valence-corrected chi connectivity index (χ0v) is 21.4. The molecule has 2 fully saturated rings. The smallest absolute Gasteiger partial charge is 0.317 e. The highest BCUT2D eigenvalue weighted by Gasteiger charge is 2.28. The predicted octanol–water partition coefficient (Wildman–Crippen LogP) is 3.93. The highest BCUT2D eigenvalue weighted by Crippen LogP contribution is 2.30. The van der Waals surface area contributed by atoms with Crippen molar-refractivity contribution in [3.8, 4) is 0 Å². The number of nitrogens with zero attached hydrogens (tertiary/aromatic N) is 3. The van der Waals surface area contributed by atoms with Gasteiger partial charge in [0.05, 0.1) is 5.56 Å². The zero-order valence-electron chi connectivity index (χ0n) is 21.4. The van der Waals surface area contributed by atoms with Crippen LogP contribution >= 0.6 is 0 Å². The van der Waals surface area contributed by atoms with Crippen LogP contribution in [0, 0.1) is 5.92 Å². The van der Waals surface area contributed by atoms with Crippen LogP contribution in [0.2, 0.25) is 0 Å². The van der Waals surface area contributed by atoms with Crippen LogP contribution in [0.15, 0.2) is 18.2 Å². The van der Waals surface area contributed by atoms with E-state index in [1.165, 1.54) is 0 Å². The van der Waals surface area contributed by atoms with Crippen molar-refractivity contribution in [2.45, 2.75) is 65.8 Å². The normalized spacial score (nSPS) is 17.0. The first kappa shape index (κ1) is 25.8. The molecule has 1 aliphatic heterocycles. The van der Waals surface area contributed by atoms with E-state index in [4.69, 9.17) is 0 Å². The molecule has 0 radical (unpaired) electrons. The van der Waals surface area contributed by atoms with E-state index >= 15 is 0 Å². The van der Waals surface area contributed by atoms with E-state index < -0.39 is 0 Å². The standard InChI is InChI=1S/C26H41N5O3/c1-6-29(7-2)24(33)21-18-20(27-23(32)19-10-8-11-19)12-13-22(21)30-14-9-15-31(17-16-30)25(34)28-26(3,4)5/h12-13,18-19H,6-11,14-17H2,1-5H3,(H,27,32)(H,28,34). The second-order valence-electron chi connectivity index (χ2n) is 10.3. The monoisotopic (exact) mass is 471 g/mol. The molecule has 0 atom stereocenters. The molecule has 1 aromatic rings. The average Bonchev–Trinajstić information content (AvgIpc) is 2.98. The SMILES string of the molecule is CCN(CC)C(=O)c1cc(NC(=O)C2CCC2)ccc1N1CCCN(C(=O)NC(C)(C)C)CC1. The second kappa shape index (κ2) is 11.1. The molecule has 188 valence electrons. The van der Waals surface area contributed by atoms with Crippen molar-refractivity contribution in [1.82, 2.24) is 15.1 Å². The van der Waals surface area contributed by atoms with Gasteiger partial charge in [0, 0.05) is 62.1 Å². The minimum Gasteiger partial charge on any atom is -0.369 e. The topological polar surface area (TPSA) is 85.0 Å². The number of urea groups is 1. The van der Waals surface area contributed by atoms with Gasteiger partial charge in [0.25, 0.3) is 5.91 Å². The van der Waals surface area contributed by atoms with E-state index in [-0.39, 0.29) is 29.3 Å². The number of benzene rings is 1. The lowest BCUT2D eigenvalue weighted by molar-refractivity contribution is -0.122. The summed E-state index contributed by atoms with van der Waals surface area (Å²) in [4.78, 5) is 44.5. The molecule has 1 heterocycles. The predicted molar refractivity (Wildman–Crippen MR) is 136 cm³/mol. The molecule has 2 N–H and O–H groups in total. The van der Waals surface area contributed by atoms with Crippen LogP contribution < -0.4 is 15.5 Å².